The van der Waals surface area contributed by atoms with Gasteiger partial charge < -0.3 is 18.8 Å². The predicted molar refractivity (Wildman–Crippen MR) is 122 cm³/mol. The summed E-state index contributed by atoms with van der Waals surface area (Å²) in [6.45, 7) is 1.02. The monoisotopic (exact) mass is 462 g/mol. The van der Waals surface area contributed by atoms with Crippen LogP contribution in [0.25, 0.3) is 20.3 Å². The molecule has 6 nitrogen and oxygen atoms in total. The molecule has 4 rings (SSSR count). The third-order valence-corrected chi connectivity index (χ3v) is 7.34. The first-order valence-corrected chi connectivity index (χ1v) is 11.1. The van der Waals surface area contributed by atoms with E-state index in [1.165, 1.54) is 22.7 Å². The SMILES string of the molecule is COCCn1c(=NC(=O)c2sc3ccccc3c2Cl)sc2cc(OC)c(OC)cc21. The Bertz CT molecular complexity index is 1310. The van der Waals surface area contributed by atoms with Crippen molar-refractivity contribution >= 4 is 60.5 Å². The van der Waals surface area contributed by atoms with E-state index in [0.717, 1.165) is 20.3 Å². The number of amides is 1. The number of rotatable bonds is 6. The molecule has 4 aromatic rings. The van der Waals surface area contributed by atoms with Crippen LogP contribution in [-0.2, 0) is 11.3 Å². The maximum atomic E-state index is 13.0. The molecule has 1 amide bonds. The number of hydrogen-bond acceptors (Lipinski definition) is 6. The maximum absolute atomic E-state index is 13.0. The van der Waals surface area contributed by atoms with Crippen LogP contribution in [0.5, 0.6) is 11.5 Å². The Morgan fingerprint density at radius 3 is 2.50 bits per heavy atom. The topological polar surface area (TPSA) is 62.1 Å². The molecule has 0 saturated heterocycles. The summed E-state index contributed by atoms with van der Waals surface area (Å²) in [7, 11) is 4.82. The number of halogens is 1. The number of carbonyl (C=O) groups excluding carboxylic acids is 1. The summed E-state index contributed by atoms with van der Waals surface area (Å²) >= 11 is 9.23. The van der Waals surface area contributed by atoms with Gasteiger partial charge in [-0.3, -0.25) is 4.79 Å². The lowest BCUT2D eigenvalue weighted by Crippen LogP contribution is -2.19. The first-order valence-electron chi connectivity index (χ1n) is 9.07. The zero-order valence-electron chi connectivity index (χ0n) is 16.6. The van der Waals surface area contributed by atoms with E-state index in [1.807, 2.05) is 41.0 Å². The van der Waals surface area contributed by atoms with E-state index in [9.17, 15) is 4.79 Å². The van der Waals surface area contributed by atoms with Gasteiger partial charge in [-0.25, -0.2) is 0 Å². The molecule has 0 spiro atoms. The molecule has 30 heavy (non-hydrogen) atoms. The van der Waals surface area contributed by atoms with Gasteiger partial charge in [-0.2, -0.15) is 4.99 Å². The van der Waals surface area contributed by atoms with Crippen molar-refractivity contribution < 1.29 is 19.0 Å². The molecule has 0 atom stereocenters. The van der Waals surface area contributed by atoms with Gasteiger partial charge in [0.1, 0.15) is 4.88 Å². The minimum atomic E-state index is -0.363. The van der Waals surface area contributed by atoms with Crippen LogP contribution in [-0.4, -0.2) is 38.4 Å². The number of carbonyl (C=O) groups is 1. The van der Waals surface area contributed by atoms with Gasteiger partial charge in [0, 0.05) is 35.9 Å². The maximum Gasteiger partial charge on any atom is 0.291 e. The standard InChI is InChI=1S/C21H19ClN2O4S2/c1-26-9-8-24-13-10-14(27-2)15(28-3)11-17(13)30-21(24)23-20(25)19-18(22)12-6-4-5-7-16(12)29-19/h4-7,10-11H,8-9H2,1-3H3. The predicted octanol–water partition coefficient (Wildman–Crippen LogP) is 4.98. The van der Waals surface area contributed by atoms with E-state index < -0.39 is 0 Å². The fourth-order valence-electron chi connectivity index (χ4n) is 3.17. The van der Waals surface area contributed by atoms with Crippen molar-refractivity contribution in [3.8, 4) is 11.5 Å². The zero-order chi connectivity index (χ0) is 21.3. The molecule has 2 heterocycles. The largest absolute Gasteiger partial charge is 0.493 e. The van der Waals surface area contributed by atoms with Crippen molar-refractivity contribution in [3.05, 3.63) is 51.1 Å². The molecule has 0 radical (unpaired) electrons. The number of benzene rings is 2. The summed E-state index contributed by atoms with van der Waals surface area (Å²) in [4.78, 5) is 18.4. The van der Waals surface area contributed by atoms with Gasteiger partial charge in [0.2, 0.25) is 0 Å². The molecule has 0 unspecified atom stereocenters. The number of ether oxygens (including phenoxy) is 3. The van der Waals surface area contributed by atoms with Crippen LogP contribution in [0.3, 0.4) is 0 Å². The molecule has 2 aromatic heterocycles. The number of thiazole rings is 1. The summed E-state index contributed by atoms with van der Waals surface area (Å²) in [5, 5.41) is 1.30. The fourth-order valence-corrected chi connectivity index (χ4v) is 5.63. The highest BCUT2D eigenvalue weighted by Gasteiger charge is 2.18. The van der Waals surface area contributed by atoms with Crippen LogP contribution in [0, 0.1) is 0 Å². The summed E-state index contributed by atoms with van der Waals surface area (Å²) in [5.74, 6) is 0.868. The minimum absolute atomic E-state index is 0.363. The number of nitrogens with zero attached hydrogens (tertiary/aromatic N) is 2. The molecule has 0 N–H and O–H groups in total. The van der Waals surface area contributed by atoms with Crippen LogP contribution < -0.4 is 14.3 Å². The van der Waals surface area contributed by atoms with Crippen LogP contribution in [0.4, 0.5) is 0 Å². The van der Waals surface area contributed by atoms with E-state index in [4.69, 9.17) is 25.8 Å². The second kappa shape index (κ2) is 8.77. The smallest absolute Gasteiger partial charge is 0.291 e. The molecule has 0 aliphatic heterocycles. The van der Waals surface area contributed by atoms with Crippen molar-refractivity contribution in [2.75, 3.05) is 27.9 Å². The van der Waals surface area contributed by atoms with Crippen molar-refractivity contribution in [3.63, 3.8) is 0 Å². The Kier molecular flexibility index (Phi) is 6.10. The van der Waals surface area contributed by atoms with Crippen LogP contribution in [0.15, 0.2) is 41.4 Å². The fraction of sp³-hybridized carbons (Fsp3) is 0.238. The molecule has 9 heteroatoms. The van der Waals surface area contributed by atoms with E-state index in [0.29, 0.717) is 39.4 Å². The van der Waals surface area contributed by atoms with Crippen LogP contribution in [0.2, 0.25) is 5.02 Å². The molecule has 0 fully saturated rings. The Hall–Kier alpha value is -2.39. The van der Waals surface area contributed by atoms with Gasteiger partial charge in [-0.05, 0) is 6.07 Å². The normalized spacial score (nSPS) is 12.1. The Morgan fingerprint density at radius 2 is 1.80 bits per heavy atom. The van der Waals surface area contributed by atoms with Gasteiger partial charge in [0.25, 0.3) is 5.91 Å². The molecule has 156 valence electrons. The van der Waals surface area contributed by atoms with Crippen molar-refractivity contribution in [2.45, 2.75) is 6.54 Å². The number of fused-ring (bicyclic) bond motifs is 2. The van der Waals surface area contributed by atoms with Gasteiger partial charge in [0.15, 0.2) is 16.3 Å². The number of methoxy groups -OCH3 is 3. The van der Waals surface area contributed by atoms with Gasteiger partial charge in [-0.1, -0.05) is 41.1 Å². The summed E-state index contributed by atoms with van der Waals surface area (Å²) in [5.41, 5.74) is 0.892. The molecule has 2 aromatic carbocycles. The first kappa shape index (κ1) is 20.9. The second-order valence-electron chi connectivity index (χ2n) is 6.36. The molecular formula is C21H19ClN2O4S2. The average Bonchev–Trinajstić information content (AvgIpc) is 3.28. The third kappa shape index (κ3) is 3.72. The highest BCUT2D eigenvalue weighted by Crippen LogP contribution is 2.36. The van der Waals surface area contributed by atoms with E-state index in [-0.39, 0.29) is 5.91 Å². The van der Waals surface area contributed by atoms with Gasteiger partial charge >= 0.3 is 0 Å². The van der Waals surface area contributed by atoms with Gasteiger partial charge in [-0.15, -0.1) is 11.3 Å². The summed E-state index contributed by atoms with van der Waals surface area (Å²) in [6, 6.07) is 11.4. The molecule has 0 aliphatic rings. The Balaban J connectivity index is 1.88. The van der Waals surface area contributed by atoms with Crippen LogP contribution >= 0.6 is 34.3 Å². The highest BCUT2D eigenvalue weighted by molar-refractivity contribution is 7.21. The Morgan fingerprint density at radius 1 is 1.07 bits per heavy atom. The summed E-state index contributed by atoms with van der Waals surface area (Å²) < 4.78 is 19.9. The van der Waals surface area contributed by atoms with Crippen molar-refractivity contribution in [1.29, 1.82) is 0 Å². The number of thiophene rings is 1. The van der Waals surface area contributed by atoms with Crippen LogP contribution in [0.1, 0.15) is 9.67 Å². The highest BCUT2D eigenvalue weighted by atomic mass is 35.5. The quantitative estimate of drug-likeness (QED) is 0.405. The minimum Gasteiger partial charge on any atom is -0.493 e. The number of hydrogen-bond donors (Lipinski definition) is 0. The summed E-state index contributed by atoms with van der Waals surface area (Å²) in [6.07, 6.45) is 0. The zero-order valence-corrected chi connectivity index (χ0v) is 19.0. The molecule has 0 saturated carbocycles. The van der Waals surface area contributed by atoms with Gasteiger partial charge in [0.05, 0.1) is 36.1 Å². The third-order valence-electron chi connectivity index (χ3n) is 4.63. The second-order valence-corrected chi connectivity index (χ2v) is 8.80. The lowest BCUT2D eigenvalue weighted by Gasteiger charge is -2.09. The Labute approximate surface area is 185 Å². The van der Waals surface area contributed by atoms with Crippen molar-refractivity contribution in [1.82, 2.24) is 4.57 Å². The van der Waals surface area contributed by atoms with E-state index in [2.05, 4.69) is 4.99 Å². The van der Waals surface area contributed by atoms with Crippen molar-refractivity contribution in [2.24, 2.45) is 4.99 Å². The van der Waals surface area contributed by atoms with E-state index >= 15 is 0 Å². The lowest BCUT2D eigenvalue weighted by atomic mass is 10.2. The average molecular weight is 463 g/mol. The van der Waals surface area contributed by atoms with E-state index in [1.54, 1.807) is 21.3 Å². The lowest BCUT2D eigenvalue weighted by molar-refractivity contribution is 0.100. The molecular weight excluding hydrogens is 444 g/mol. The number of aromatic nitrogens is 1. The first-order chi connectivity index (χ1) is 14.6. The molecule has 0 aliphatic carbocycles. The molecule has 0 bridgehead atoms.